The SMILES string of the molecule is COc1ccc(/C=C/C(=O)N2CCN(C(=O)C3=Cc4cc(Br)ccc4S3(=O)=O)CC2)cc1. The zero-order chi connectivity index (χ0) is 22.9. The van der Waals surface area contributed by atoms with Gasteiger partial charge in [0.2, 0.25) is 15.7 Å². The standard InChI is InChI=1S/C23H21BrN2O5S/c1-31-19-6-2-16(3-7-19)4-9-22(27)25-10-12-26(13-11-25)23(28)21-15-17-14-18(24)5-8-20(17)32(21,29)30/h2-9,14-15H,10-13H2,1H3/b9-4+. The molecule has 0 N–H and O–H groups in total. The second-order valence-corrected chi connectivity index (χ2v) is 10.2. The molecule has 166 valence electrons. The van der Waals surface area contributed by atoms with Gasteiger partial charge in [-0.25, -0.2) is 8.42 Å². The second-order valence-electron chi connectivity index (χ2n) is 7.42. The highest BCUT2D eigenvalue weighted by Crippen LogP contribution is 2.35. The molecule has 0 unspecified atom stereocenters. The first-order valence-corrected chi connectivity index (χ1v) is 12.2. The topological polar surface area (TPSA) is 84.0 Å². The van der Waals surface area contributed by atoms with Gasteiger partial charge < -0.3 is 14.5 Å². The Balaban J connectivity index is 1.38. The molecule has 0 aliphatic carbocycles. The monoisotopic (exact) mass is 516 g/mol. The zero-order valence-corrected chi connectivity index (χ0v) is 19.7. The molecular formula is C23H21BrN2O5S. The fraction of sp³-hybridized carbons (Fsp3) is 0.217. The number of halogens is 1. The van der Waals surface area contributed by atoms with Gasteiger partial charge in [-0.1, -0.05) is 28.1 Å². The second kappa shape index (κ2) is 8.91. The highest BCUT2D eigenvalue weighted by molar-refractivity contribution is 9.10. The Morgan fingerprint density at radius 2 is 1.66 bits per heavy atom. The number of carbonyl (C=O) groups is 2. The Bertz CT molecular complexity index is 1230. The molecule has 0 spiro atoms. The molecule has 2 amide bonds. The smallest absolute Gasteiger partial charge is 0.265 e. The van der Waals surface area contributed by atoms with Crippen LogP contribution < -0.4 is 4.74 Å². The number of fused-ring (bicyclic) bond motifs is 1. The third-order valence-corrected chi connectivity index (χ3v) is 7.78. The van der Waals surface area contributed by atoms with E-state index in [0.29, 0.717) is 18.7 Å². The largest absolute Gasteiger partial charge is 0.497 e. The summed E-state index contributed by atoms with van der Waals surface area (Å²) >= 11 is 3.32. The van der Waals surface area contributed by atoms with Crippen molar-refractivity contribution in [2.45, 2.75) is 4.90 Å². The van der Waals surface area contributed by atoms with E-state index in [-0.39, 0.29) is 28.8 Å². The van der Waals surface area contributed by atoms with Crippen LogP contribution in [0.4, 0.5) is 0 Å². The number of benzene rings is 2. The molecule has 4 rings (SSSR count). The fourth-order valence-electron chi connectivity index (χ4n) is 3.66. The average molecular weight is 517 g/mol. The predicted octanol–water partition coefficient (Wildman–Crippen LogP) is 2.97. The fourth-order valence-corrected chi connectivity index (χ4v) is 5.60. The Kier molecular flexibility index (Phi) is 6.21. The Morgan fingerprint density at radius 3 is 2.31 bits per heavy atom. The van der Waals surface area contributed by atoms with Crippen molar-refractivity contribution in [3.8, 4) is 5.75 Å². The summed E-state index contributed by atoms with van der Waals surface area (Å²) in [5, 5.41) is 0. The van der Waals surface area contributed by atoms with Gasteiger partial charge >= 0.3 is 0 Å². The van der Waals surface area contributed by atoms with Crippen LogP contribution in [-0.2, 0) is 19.4 Å². The maximum Gasteiger partial charge on any atom is 0.265 e. The van der Waals surface area contributed by atoms with Crippen molar-refractivity contribution in [1.82, 2.24) is 9.80 Å². The molecule has 0 aromatic heterocycles. The maximum absolute atomic E-state index is 12.9. The first-order chi connectivity index (χ1) is 15.3. The first kappa shape index (κ1) is 22.3. The molecule has 1 fully saturated rings. The van der Waals surface area contributed by atoms with E-state index in [1.54, 1.807) is 30.2 Å². The summed E-state index contributed by atoms with van der Waals surface area (Å²) < 4.78 is 31.5. The summed E-state index contributed by atoms with van der Waals surface area (Å²) in [5.74, 6) is 0.0560. The molecule has 1 saturated heterocycles. The quantitative estimate of drug-likeness (QED) is 0.583. The van der Waals surface area contributed by atoms with Gasteiger partial charge in [0.25, 0.3) is 5.91 Å². The van der Waals surface area contributed by atoms with Crippen LogP contribution in [0.1, 0.15) is 11.1 Å². The molecule has 2 aromatic carbocycles. The van der Waals surface area contributed by atoms with Crippen molar-refractivity contribution in [1.29, 1.82) is 0 Å². The number of ether oxygens (including phenoxy) is 1. The lowest BCUT2D eigenvalue weighted by Gasteiger charge is -2.34. The summed E-state index contributed by atoms with van der Waals surface area (Å²) in [6.07, 6.45) is 4.65. The van der Waals surface area contributed by atoms with Gasteiger partial charge in [0.1, 0.15) is 10.7 Å². The van der Waals surface area contributed by atoms with Crippen LogP contribution in [0, 0.1) is 0 Å². The van der Waals surface area contributed by atoms with Crippen LogP contribution in [0.5, 0.6) is 5.75 Å². The van der Waals surface area contributed by atoms with Crippen LogP contribution in [0.25, 0.3) is 12.2 Å². The number of amides is 2. The molecule has 2 heterocycles. The summed E-state index contributed by atoms with van der Waals surface area (Å²) in [5.41, 5.74) is 1.37. The van der Waals surface area contributed by atoms with E-state index in [9.17, 15) is 18.0 Å². The highest BCUT2D eigenvalue weighted by atomic mass is 79.9. The maximum atomic E-state index is 12.9. The van der Waals surface area contributed by atoms with E-state index in [1.165, 1.54) is 23.1 Å². The summed E-state index contributed by atoms with van der Waals surface area (Å²) in [7, 11) is -2.24. The molecule has 2 aliphatic rings. The molecule has 9 heteroatoms. The minimum absolute atomic E-state index is 0.140. The van der Waals surface area contributed by atoms with Gasteiger partial charge in [-0.2, -0.15) is 0 Å². The van der Waals surface area contributed by atoms with Gasteiger partial charge in [0, 0.05) is 36.7 Å². The Hall–Kier alpha value is -2.91. The van der Waals surface area contributed by atoms with Crippen molar-refractivity contribution >= 4 is 49.7 Å². The molecule has 0 radical (unpaired) electrons. The number of rotatable bonds is 4. The average Bonchev–Trinajstić information content (AvgIpc) is 3.07. The Labute approximate surface area is 195 Å². The lowest BCUT2D eigenvalue weighted by Crippen LogP contribution is -2.50. The van der Waals surface area contributed by atoms with Crippen molar-refractivity contribution in [3.63, 3.8) is 0 Å². The lowest BCUT2D eigenvalue weighted by molar-refractivity contribution is -0.134. The number of sulfone groups is 1. The predicted molar refractivity (Wildman–Crippen MR) is 124 cm³/mol. The molecule has 7 nitrogen and oxygen atoms in total. The van der Waals surface area contributed by atoms with Crippen molar-refractivity contribution in [3.05, 3.63) is 69.0 Å². The van der Waals surface area contributed by atoms with Gasteiger partial charge in [-0.05, 0) is 53.6 Å². The van der Waals surface area contributed by atoms with Gasteiger partial charge in [0.05, 0.1) is 12.0 Å². The van der Waals surface area contributed by atoms with Crippen LogP contribution in [0.2, 0.25) is 0 Å². The van der Waals surface area contributed by atoms with Crippen LogP contribution in [-0.4, -0.2) is 63.3 Å². The number of hydrogen-bond donors (Lipinski definition) is 0. The molecular weight excluding hydrogens is 496 g/mol. The highest BCUT2D eigenvalue weighted by Gasteiger charge is 2.37. The molecule has 0 bridgehead atoms. The number of nitrogens with zero attached hydrogens (tertiary/aromatic N) is 2. The minimum atomic E-state index is -3.84. The molecule has 32 heavy (non-hydrogen) atoms. The first-order valence-electron chi connectivity index (χ1n) is 9.96. The van der Waals surface area contributed by atoms with Crippen molar-refractivity contribution < 1.29 is 22.7 Å². The molecule has 2 aliphatic heterocycles. The third-order valence-electron chi connectivity index (χ3n) is 5.46. The van der Waals surface area contributed by atoms with Crippen LogP contribution in [0.15, 0.2) is 62.8 Å². The van der Waals surface area contributed by atoms with E-state index in [4.69, 9.17) is 4.74 Å². The number of methoxy groups -OCH3 is 1. The third kappa shape index (κ3) is 4.35. The number of carbonyl (C=O) groups excluding carboxylic acids is 2. The van der Waals surface area contributed by atoms with E-state index in [1.807, 2.05) is 24.3 Å². The van der Waals surface area contributed by atoms with Crippen LogP contribution in [0.3, 0.4) is 0 Å². The van der Waals surface area contributed by atoms with Crippen LogP contribution >= 0.6 is 15.9 Å². The summed E-state index contributed by atoms with van der Waals surface area (Å²) in [6, 6.07) is 12.2. The lowest BCUT2D eigenvalue weighted by atomic mass is 10.2. The van der Waals surface area contributed by atoms with E-state index < -0.39 is 15.7 Å². The van der Waals surface area contributed by atoms with Gasteiger partial charge in [-0.3, -0.25) is 9.59 Å². The number of piperazine rings is 1. The van der Waals surface area contributed by atoms with Gasteiger partial charge in [0.15, 0.2) is 0 Å². The zero-order valence-electron chi connectivity index (χ0n) is 17.3. The van der Waals surface area contributed by atoms with Crippen molar-refractivity contribution in [2.75, 3.05) is 33.3 Å². The van der Waals surface area contributed by atoms with Gasteiger partial charge in [-0.15, -0.1) is 0 Å². The summed E-state index contributed by atoms with van der Waals surface area (Å²) in [4.78, 5) is 28.5. The van der Waals surface area contributed by atoms with E-state index >= 15 is 0 Å². The summed E-state index contributed by atoms with van der Waals surface area (Å²) in [6.45, 7) is 1.22. The Morgan fingerprint density at radius 1 is 1.00 bits per heavy atom. The minimum Gasteiger partial charge on any atom is -0.497 e. The molecule has 0 saturated carbocycles. The number of hydrogen-bond acceptors (Lipinski definition) is 5. The van der Waals surface area contributed by atoms with Crippen molar-refractivity contribution in [2.24, 2.45) is 0 Å². The normalized spacial score (nSPS) is 17.2. The molecule has 2 aromatic rings. The van der Waals surface area contributed by atoms with E-state index in [2.05, 4.69) is 15.9 Å². The molecule has 0 atom stereocenters. The van der Waals surface area contributed by atoms with E-state index in [0.717, 1.165) is 15.8 Å².